The molecule has 0 unspecified atom stereocenters. The first-order valence-electron chi connectivity index (χ1n) is 15.7. The highest BCUT2D eigenvalue weighted by Gasteiger charge is 2.31. The summed E-state index contributed by atoms with van der Waals surface area (Å²) in [5, 5.41) is 0. The molecule has 0 N–H and O–H groups in total. The second-order valence-electron chi connectivity index (χ2n) is 11.7. The van der Waals surface area contributed by atoms with E-state index in [4.69, 9.17) is 23.9 Å². The van der Waals surface area contributed by atoms with Gasteiger partial charge in [-0.2, -0.15) is 13.2 Å². The van der Waals surface area contributed by atoms with E-state index in [1.54, 1.807) is 0 Å². The zero-order chi connectivity index (χ0) is 32.4. The SMILES string of the molecule is CCCCn1c(-c2ccccc2)nc(-c2ccc(C(F)(F)F)cc2)c1CN(Cc1ccc2c(c1)OCO2)Cc1ccc2c(c1)OCO2. The average molecular weight is 642 g/mol. The molecule has 2 aliphatic rings. The second-order valence-corrected chi connectivity index (χ2v) is 11.7. The molecule has 7 rings (SSSR count). The van der Waals surface area contributed by atoms with Crippen LogP contribution in [0.1, 0.15) is 42.1 Å². The lowest BCUT2D eigenvalue weighted by molar-refractivity contribution is -0.137. The van der Waals surface area contributed by atoms with Crippen LogP contribution in [0.25, 0.3) is 22.6 Å². The van der Waals surface area contributed by atoms with E-state index < -0.39 is 11.7 Å². The summed E-state index contributed by atoms with van der Waals surface area (Å²) in [6.45, 7) is 4.84. The van der Waals surface area contributed by atoms with Crippen molar-refractivity contribution in [1.82, 2.24) is 14.5 Å². The van der Waals surface area contributed by atoms with Gasteiger partial charge in [-0.1, -0.05) is 67.9 Å². The van der Waals surface area contributed by atoms with Crippen LogP contribution in [0.5, 0.6) is 23.0 Å². The summed E-state index contributed by atoms with van der Waals surface area (Å²) in [5.74, 6) is 3.62. The number of unbranched alkanes of at least 4 members (excludes halogenated alkanes) is 1. The smallest absolute Gasteiger partial charge is 0.416 e. The summed E-state index contributed by atoms with van der Waals surface area (Å²) in [5.41, 5.74) is 4.55. The molecule has 3 heterocycles. The van der Waals surface area contributed by atoms with E-state index >= 15 is 0 Å². The minimum atomic E-state index is -4.43. The van der Waals surface area contributed by atoms with E-state index in [-0.39, 0.29) is 13.6 Å². The molecule has 4 aromatic carbocycles. The molecule has 0 atom stereocenters. The summed E-state index contributed by atoms with van der Waals surface area (Å²) >= 11 is 0. The van der Waals surface area contributed by atoms with Crippen molar-refractivity contribution in [2.45, 2.75) is 52.1 Å². The van der Waals surface area contributed by atoms with Crippen LogP contribution in [0.15, 0.2) is 91.0 Å². The molecular formula is C37H34F3N3O4. The van der Waals surface area contributed by atoms with Crippen molar-refractivity contribution < 1.29 is 32.1 Å². The van der Waals surface area contributed by atoms with Gasteiger partial charge in [-0.25, -0.2) is 4.98 Å². The highest BCUT2D eigenvalue weighted by molar-refractivity contribution is 5.69. The number of nitrogens with zero attached hydrogens (tertiary/aromatic N) is 3. The zero-order valence-electron chi connectivity index (χ0n) is 25.9. The number of alkyl halides is 3. The summed E-state index contributed by atoms with van der Waals surface area (Å²) in [7, 11) is 0. The topological polar surface area (TPSA) is 58.0 Å². The van der Waals surface area contributed by atoms with Gasteiger partial charge in [-0.05, 0) is 53.9 Å². The fourth-order valence-corrected chi connectivity index (χ4v) is 6.03. The lowest BCUT2D eigenvalue weighted by Crippen LogP contribution is -2.24. The Morgan fingerprint density at radius 2 is 1.30 bits per heavy atom. The fraction of sp³-hybridized carbons (Fsp3) is 0.270. The van der Waals surface area contributed by atoms with Gasteiger partial charge < -0.3 is 23.5 Å². The Balaban J connectivity index is 1.32. The Hall–Kier alpha value is -4.96. The minimum absolute atomic E-state index is 0.190. The Bertz CT molecular complexity index is 1800. The van der Waals surface area contributed by atoms with Gasteiger partial charge in [0.2, 0.25) is 13.6 Å². The third-order valence-corrected chi connectivity index (χ3v) is 8.39. The molecule has 0 bridgehead atoms. The Labute approximate surface area is 271 Å². The van der Waals surface area contributed by atoms with Crippen LogP contribution in [-0.2, 0) is 32.4 Å². The van der Waals surface area contributed by atoms with Crippen molar-refractivity contribution in [2.75, 3.05) is 13.6 Å². The number of fused-ring (bicyclic) bond motifs is 2. The van der Waals surface area contributed by atoms with Gasteiger partial charge in [0.25, 0.3) is 0 Å². The normalized spacial score (nSPS) is 13.5. The lowest BCUT2D eigenvalue weighted by atomic mass is 10.1. The van der Waals surface area contributed by atoms with Crippen molar-refractivity contribution in [3.05, 3.63) is 113 Å². The molecule has 10 heteroatoms. The number of imidazole rings is 1. The summed E-state index contributed by atoms with van der Waals surface area (Å²) in [4.78, 5) is 7.44. The molecule has 1 aromatic heterocycles. The Morgan fingerprint density at radius 3 is 1.87 bits per heavy atom. The van der Waals surface area contributed by atoms with Crippen molar-refractivity contribution in [3.63, 3.8) is 0 Å². The first-order chi connectivity index (χ1) is 22.9. The maximum absolute atomic E-state index is 13.5. The van der Waals surface area contributed by atoms with E-state index in [1.807, 2.05) is 66.7 Å². The molecule has 0 saturated heterocycles. The van der Waals surface area contributed by atoms with Crippen molar-refractivity contribution >= 4 is 0 Å². The summed E-state index contributed by atoms with van der Waals surface area (Å²) < 4.78 is 65.2. The lowest BCUT2D eigenvalue weighted by Gasteiger charge is -2.25. The fourth-order valence-electron chi connectivity index (χ4n) is 6.03. The van der Waals surface area contributed by atoms with Gasteiger partial charge in [0.15, 0.2) is 23.0 Å². The number of hydrogen-bond acceptors (Lipinski definition) is 6. The van der Waals surface area contributed by atoms with Crippen LogP contribution < -0.4 is 18.9 Å². The third kappa shape index (κ3) is 6.64. The van der Waals surface area contributed by atoms with Gasteiger partial charge in [0.1, 0.15) is 5.82 Å². The molecule has 5 aromatic rings. The van der Waals surface area contributed by atoms with Gasteiger partial charge in [0.05, 0.1) is 17.0 Å². The third-order valence-electron chi connectivity index (χ3n) is 8.39. The molecule has 0 spiro atoms. The molecule has 2 aliphatic heterocycles. The van der Waals surface area contributed by atoms with Crippen LogP contribution in [-0.4, -0.2) is 28.0 Å². The average Bonchev–Trinajstić information content (AvgIpc) is 3.82. The number of hydrogen-bond donors (Lipinski definition) is 0. The standard InChI is InChI=1S/C37H34F3N3O4/c1-2-3-17-43-30(35(41-36(43)28-7-5-4-6-8-28)27-11-13-29(14-12-27)37(38,39)40)22-42(20-25-9-15-31-33(18-25)46-23-44-31)21-26-10-16-32-34(19-26)47-24-45-32/h4-16,18-19H,2-3,17,20-24H2,1H3. The van der Waals surface area contributed by atoms with E-state index in [1.165, 1.54) is 12.1 Å². The predicted molar refractivity (Wildman–Crippen MR) is 171 cm³/mol. The molecule has 0 fully saturated rings. The van der Waals surface area contributed by atoms with Crippen LogP contribution in [0.3, 0.4) is 0 Å². The quantitative estimate of drug-likeness (QED) is 0.144. The maximum Gasteiger partial charge on any atom is 0.416 e. The zero-order valence-corrected chi connectivity index (χ0v) is 25.9. The van der Waals surface area contributed by atoms with Crippen molar-refractivity contribution in [2.24, 2.45) is 0 Å². The molecule has 7 nitrogen and oxygen atoms in total. The largest absolute Gasteiger partial charge is 0.454 e. The molecule has 0 radical (unpaired) electrons. The van der Waals surface area contributed by atoms with Crippen LogP contribution >= 0.6 is 0 Å². The number of rotatable bonds is 11. The summed E-state index contributed by atoms with van der Waals surface area (Å²) in [6, 6.07) is 27.1. The van der Waals surface area contributed by atoms with E-state index in [0.717, 1.165) is 53.2 Å². The highest BCUT2D eigenvalue weighted by Crippen LogP contribution is 2.37. The van der Waals surface area contributed by atoms with Crippen molar-refractivity contribution in [1.29, 1.82) is 0 Å². The maximum atomic E-state index is 13.5. The second kappa shape index (κ2) is 13.0. The number of halogens is 3. The van der Waals surface area contributed by atoms with E-state index in [2.05, 4.69) is 16.4 Å². The molecule has 242 valence electrons. The van der Waals surface area contributed by atoms with Gasteiger partial charge >= 0.3 is 6.18 Å². The van der Waals surface area contributed by atoms with Crippen LogP contribution in [0, 0.1) is 0 Å². The predicted octanol–water partition coefficient (Wildman–Crippen LogP) is 8.70. The van der Waals surface area contributed by atoms with Gasteiger partial charge in [0, 0.05) is 37.3 Å². The molecular weight excluding hydrogens is 607 g/mol. The number of aromatic nitrogens is 2. The van der Waals surface area contributed by atoms with Crippen LogP contribution in [0.2, 0.25) is 0 Å². The van der Waals surface area contributed by atoms with Crippen molar-refractivity contribution in [3.8, 4) is 45.6 Å². The van der Waals surface area contributed by atoms with Gasteiger partial charge in [-0.3, -0.25) is 4.90 Å². The first-order valence-corrected chi connectivity index (χ1v) is 15.7. The van der Waals surface area contributed by atoms with E-state index in [0.29, 0.717) is 60.4 Å². The number of ether oxygens (including phenoxy) is 4. The first kappa shape index (κ1) is 30.7. The monoisotopic (exact) mass is 641 g/mol. The Kier molecular flexibility index (Phi) is 8.51. The summed E-state index contributed by atoms with van der Waals surface area (Å²) in [6.07, 6.45) is -2.54. The molecule has 0 saturated carbocycles. The molecule has 47 heavy (non-hydrogen) atoms. The highest BCUT2D eigenvalue weighted by atomic mass is 19.4. The minimum Gasteiger partial charge on any atom is -0.454 e. The van der Waals surface area contributed by atoms with E-state index in [9.17, 15) is 13.2 Å². The van der Waals surface area contributed by atoms with Crippen LogP contribution in [0.4, 0.5) is 13.2 Å². The van der Waals surface area contributed by atoms with Gasteiger partial charge in [-0.15, -0.1) is 0 Å². The molecule has 0 aliphatic carbocycles. The molecule has 0 amide bonds. The Morgan fingerprint density at radius 1 is 0.702 bits per heavy atom. The number of benzene rings is 4.